The Morgan fingerprint density at radius 2 is 2.05 bits per heavy atom. The number of carbonyl (C=O) groups is 1. The molecule has 0 aromatic heterocycles. The SMILES string of the molecule is CCCCN(CCC(C)(NC(C)C)C(=O)O)C1CC1. The van der Waals surface area contributed by atoms with Gasteiger partial charge < -0.3 is 10.0 Å². The molecule has 1 aliphatic rings. The second-order valence-corrected chi connectivity index (χ2v) is 6.31. The average Bonchev–Trinajstić information content (AvgIpc) is 3.12. The van der Waals surface area contributed by atoms with Gasteiger partial charge in [0.15, 0.2) is 0 Å². The highest BCUT2D eigenvalue weighted by atomic mass is 16.4. The van der Waals surface area contributed by atoms with E-state index in [9.17, 15) is 9.90 Å². The summed E-state index contributed by atoms with van der Waals surface area (Å²) in [5, 5.41) is 12.6. The molecule has 1 aliphatic carbocycles. The van der Waals surface area contributed by atoms with Crippen LogP contribution in [0.3, 0.4) is 0 Å². The van der Waals surface area contributed by atoms with E-state index in [1.165, 1.54) is 25.7 Å². The van der Waals surface area contributed by atoms with Gasteiger partial charge >= 0.3 is 5.97 Å². The molecule has 1 unspecified atom stereocenters. The van der Waals surface area contributed by atoms with Gasteiger partial charge in [-0.2, -0.15) is 0 Å². The number of unbranched alkanes of at least 4 members (excludes halogenated alkanes) is 1. The third kappa shape index (κ3) is 5.49. The van der Waals surface area contributed by atoms with Crippen molar-refractivity contribution in [3.63, 3.8) is 0 Å². The van der Waals surface area contributed by atoms with E-state index >= 15 is 0 Å². The van der Waals surface area contributed by atoms with Crippen molar-refractivity contribution in [1.29, 1.82) is 0 Å². The van der Waals surface area contributed by atoms with Gasteiger partial charge in [-0.05, 0) is 53.0 Å². The van der Waals surface area contributed by atoms with Crippen LogP contribution in [-0.2, 0) is 4.79 Å². The summed E-state index contributed by atoms with van der Waals surface area (Å²) in [4.78, 5) is 14.0. The van der Waals surface area contributed by atoms with Crippen molar-refractivity contribution in [2.45, 2.75) is 77.4 Å². The quantitative estimate of drug-likeness (QED) is 0.640. The Morgan fingerprint density at radius 1 is 1.42 bits per heavy atom. The molecule has 0 aromatic rings. The van der Waals surface area contributed by atoms with Gasteiger partial charge in [-0.1, -0.05) is 13.3 Å². The predicted octanol–water partition coefficient (Wildman–Crippen LogP) is 2.48. The van der Waals surface area contributed by atoms with Gasteiger partial charge in [-0.25, -0.2) is 0 Å². The summed E-state index contributed by atoms with van der Waals surface area (Å²) >= 11 is 0. The fourth-order valence-corrected chi connectivity index (χ4v) is 2.52. The molecule has 1 rings (SSSR count). The van der Waals surface area contributed by atoms with E-state index < -0.39 is 11.5 Å². The number of nitrogens with one attached hydrogen (secondary N) is 1. The summed E-state index contributed by atoms with van der Waals surface area (Å²) in [6, 6.07) is 0.898. The van der Waals surface area contributed by atoms with Crippen LogP contribution >= 0.6 is 0 Å². The number of rotatable bonds is 10. The van der Waals surface area contributed by atoms with E-state index in [1.54, 1.807) is 6.92 Å². The molecule has 4 nitrogen and oxygen atoms in total. The first kappa shape index (κ1) is 16.4. The maximum absolute atomic E-state index is 11.5. The van der Waals surface area contributed by atoms with E-state index in [1.807, 2.05) is 13.8 Å². The van der Waals surface area contributed by atoms with Crippen LogP contribution in [0.2, 0.25) is 0 Å². The summed E-state index contributed by atoms with van der Waals surface area (Å²) in [7, 11) is 0. The van der Waals surface area contributed by atoms with E-state index in [4.69, 9.17) is 0 Å². The Morgan fingerprint density at radius 3 is 2.47 bits per heavy atom. The molecule has 19 heavy (non-hydrogen) atoms. The van der Waals surface area contributed by atoms with Crippen LogP contribution < -0.4 is 5.32 Å². The van der Waals surface area contributed by atoms with Crippen molar-refractivity contribution in [3.8, 4) is 0 Å². The minimum absolute atomic E-state index is 0.186. The average molecular weight is 270 g/mol. The Bertz CT molecular complexity index is 290. The van der Waals surface area contributed by atoms with Crippen molar-refractivity contribution in [1.82, 2.24) is 10.2 Å². The van der Waals surface area contributed by atoms with E-state index in [0.29, 0.717) is 12.5 Å². The standard InChI is InChI=1S/C15H30N2O2/c1-5-6-10-17(13-7-8-13)11-9-15(4,14(18)19)16-12(2)3/h12-13,16H,5-11H2,1-4H3,(H,18,19). The van der Waals surface area contributed by atoms with Crippen LogP contribution in [0.4, 0.5) is 0 Å². The molecule has 1 fully saturated rings. The zero-order valence-electron chi connectivity index (χ0n) is 12.9. The monoisotopic (exact) mass is 270 g/mol. The highest BCUT2D eigenvalue weighted by molar-refractivity contribution is 5.78. The van der Waals surface area contributed by atoms with Gasteiger partial charge in [0.05, 0.1) is 0 Å². The predicted molar refractivity (Wildman–Crippen MR) is 78.4 cm³/mol. The molecule has 1 saturated carbocycles. The molecule has 0 amide bonds. The van der Waals surface area contributed by atoms with Crippen molar-refractivity contribution in [3.05, 3.63) is 0 Å². The minimum Gasteiger partial charge on any atom is -0.480 e. The molecule has 1 atom stereocenters. The highest BCUT2D eigenvalue weighted by Crippen LogP contribution is 2.28. The number of nitrogens with zero attached hydrogens (tertiary/aromatic N) is 1. The first-order valence-electron chi connectivity index (χ1n) is 7.64. The highest BCUT2D eigenvalue weighted by Gasteiger charge is 2.36. The van der Waals surface area contributed by atoms with Gasteiger partial charge in [0, 0.05) is 18.6 Å². The molecule has 0 heterocycles. The number of hydrogen-bond acceptors (Lipinski definition) is 3. The lowest BCUT2D eigenvalue weighted by atomic mass is 9.96. The van der Waals surface area contributed by atoms with Crippen LogP contribution in [-0.4, -0.2) is 46.7 Å². The van der Waals surface area contributed by atoms with E-state index in [2.05, 4.69) is 17.1 Å². The first-order valence-corrected chi connectivity index (χ1v) is 7.64. The van der Waals surface area contributed by atoms with Gasteiger partial charge in [0.1, 0.15) is 5.54 Å². The molecule has 112 valence electrons. The summed E-state index contributed by atoms with van der Waals surface area (Å²) in [5.41, 5.74) is -0.812. The second kappa shape index (κ2) is 7.25. The Labute approximate surface area is 117 Å². The third-order valence-electron chi connectivity index (χ3n) is 3.84. The molecule has 4 heteroatoms. The molecule has 0 spiro atoms. The van der Waals surface area contributed by atoms with Gasteiger partial charge in [-0.15, -0.1) is 0 Å². The largest absolute Gasteiger partial charge is 0.480 e. The molecular weight excluding hydrogens is 240 g/mol. The van der Waals surface area contributed by atoms with Gasteiger partial charge in [0.25, 0.3) is 0 Å². The van der Waals surface area contributed by atoms with Gasteiger partial charge in [0.2, 0.25) is 0 Å². The van der Waals surface area contributed by atoms with Crippen LogP contribution in [0.1, 0.15) is 59.8 Å². The smallest absolute Gasteiger partial charge is 0.323 e. The maximum atomic E-state index is 11.5. The van der Waals surface area contributed by atoms with Crippen LogP contribution in [0, 0.1) is 0 Å². The van der Waals surface area contributed by atoms with Gasteiger partial charge in [-0.3, -0.25) is 10.1 Å². The minimum atomic E-state index is -0.812. The number of carboxylic acid groups (broad SMARTS) is 1. The number of carboxylic acids is 1. The topological polar surface area (TPSA) is 52.6 Å². The summed E-state index contributed by atoms with van der Waals surface area (Å²) in [5.74, 6) is -0.743. The molecule has 2 N–H and O–H groups in total. The lowest BCUT2D eigenvalue weighted by molar-refractivity contribution is -0.145. The van der Waals surface area contributed by atoms with Crippen molar-refractivity contribution in [2.24, 2.45) is 0 Å². The third-order valence-corrected chi connectivity index (χ3v) is 3.84. The maximum Gasteiger partial charge on any atom is 0.323 e. The van der Waals surface area contributed by atoms with Crippen LogP contribution in [0.25, 0.3) is 0 Å². The van der Waals surface area contributed by atoms with E-state index in [0.717, 1.165) is 13.1 Å². The van der Waals surface area contributed by atoms with Crippen LogP contribution in [0.15, 0.2) is 0 Å². The summed E-state index contributed by atoms with van der Waals surface area (Å²) in [6.07, 6.45) is 5.64. The summed E-state index contributed by atoms with van der Waals surface area (Å²) < 4.78 is 0. The molecule has 0 aromatic carbocycles. The zero-order chi connectivity index (χ0) is 14.5. The fraction of sp³-hybridized carbons (Fsp3) is 0.933. The molecule has 0 bridgehead atoms. The molecule has 0 saturated heterocycles. The lowest BCUT2D eigenvalue weighted by Gasteiger charge is -2.32. The molecular formula is C15H30N2O2. The fourth-order valence-electron chi connectivity index (χ4n) is 2.52. The number of aliphatic carboxylic acids is 1. The number of hydrogen-bond donors (Lipinski definition) is 2. The molecule has 0 aliphatic heterocycles. The first-order chi connectivity index (χ1) is 8.89. The Kier molecular flexibility index (Phi) is 6.27. The zero-order valence-corrected chi connectivity index (χ0v) is 12.9. The Balaban J connectivity index is 2.50. The Hall–Kier alpha value is -0.610. The van der Waals surface area contributed by atoms with Crippen molar-refractivity contribution >= 4 is 5.97 Å². The molecule has 0 radical (unpaired) electrons. The van der Waals surface area contributed by atoms with Crippen LogP contribution in [0.5, 0.6) is 0 Å². The van der Waals surface area contributed by atoms with Crippen molar-refractivity contribution < 1.29 is 9.90 Å². The van der Waals surface area contributed by atoms with E-state index in [-0.39, 0.29) is 6.04 Å². The normalized spacial score (nSPS) is 18.8. The summed E-state index contributed by atoms with van der Waals surface area (Å²) in [6.45, 7) is 9.99. The second-order valence-electron chi connectivity index (χ2n) is 6.31. The lowest BCUT2D eigenvalue weighted by Crippen LogP contribution is -2.54. The van der Waals surface area contributed by atoms with Crippen molar-refractivity contribution in [2.75, 3.05) is 13.1 Å².